The van der Waals surface area contributed by atoms with Crippen molar-refractivity contribution in [1.29, 1.82) is 0 Å². The third-order valence-corrected chi connectivity index (χ3v) is 5.81. The van der Waals surface area contributed by atoms with Gasteiger partial charge < -0.3 is 10.2 Å². The van der Waals surface area contributed by atoms with Gasteiger partial charge in [-0.25, -0.2) is 4.98 Å². The van der Waals surface area contributed by atoms with Crippen LogP contribution in [0.25, 0.3) is 10.2 Å². The molecule has 5 nitrogen and oxygen atoms in total. The zero-order valence-electron chi connectivity index (χ0n) is 15.7. The van der Waals surface area contributed by atoms with E-state index in [2.05, 4.69) is 10.3 Å². The largest absolute Gasteiger partial charge is 0.349 e. The van der Waals surface area contributed by atoms with Crippen LogP contribution in [-0.4, -0.2) is 28.7 Å². The van der Waals surface area contributed by atoms with Crippen LogP contribution in [-0.2, 0) is 9.59 Å². The van der Waals surface area contributed by atoms with Gasteiger partial charge in [0.2, 0.25) is 11.8 Å². The average molecular weight is 382 g/mol. The smallest absolute Gasteiger partial charge is 0.225 e. The Balaban J connectivity index is 1.75. The molecule has 0 aliphatic carbocycles. The Morgan fingerprint density at radius 2 is 1.78 bits per heavy atom. The highest BCUT2D eigenvalue weighted by Crippen LogP contribution is 2.29. The van der Waals surface area contributed by atoms with E-state index < -0.39 is 0 Å². The normalized spacial score (nSPS) is 13.1. The average Bonchev–Trinajstić information content (AvgIpc) is 3.10. The number of benzene rings is 2. The highest BCUT2D eigenvalue weighted by Gasteiger charge is 2.24. The number of carbonyl (C=O) groups excluding carboxylic acids is 2. The molecular formula is C21H23N3O2S. The maximum absolute atomic E-state index is 12.9. The molecule has 0 saturated heterocycles. The summed E-state index contributed by atoms with van der Waals surface area (Å²) < 4.78 is 1.11. The van der Waals surface area contributed by atoms with Crippen molar-refractivity contribution in [3.05, 3.63) is 65.2 Å². The highest BCUT2D eigenvalue weighted by atomic mass is 32.1. The molecule has 0 aliphatic rings. The second-order valence-corrected chi connectivity index (χ2v) is 7.63. The van der Waals surface area contributed by atoms with Gasteiger partial charge in [0.25, 0.3) is 0 Å². The Morgan fingerprint density at radius 3 is 2.44 bits per heavy atom. The van der Waals surface area contributed by atoms with Crippen molar-refractivity contribution in [3.63, 3.8) is 0 Å². The molecule has 1 N–H and O–H groups in total. The third-order valence-electron chi connectivity index (χ3n) is 4.60. The van der Waals surface area contributed by atoms with Crippen LogP contribution in [0.5, 0.6) is 0 Å². The van der Waals surface area contributed by atoms with Crippen molar-refractivity contribution < 1.29 is 9.59 Å². The third kappa shape index (κ3) is 4.52. The van der Waals surface area contributed by atoms with Crippen LogP contribution in [0.15, 0.2) is 54.6 Å². The monoisotopic (exact) mass is 381 g/mol. The quantitative estimate of drug-likeness (QED) is 0.700. The molecule has 6 heteroatoms. The fourth-order valence-corrected chi connectivity index (χ4v) is 4.01. The molecule has 0 unspecified atom stereocenters. The summed E-state index contributed by atoms with van der Waals surface area (Å²) in [6.07, 6.45) is 0.204. The van der Waals surface area contributed by atoms with Gasteiger partial charge in [0.15, 0.2) is 0 Å². The first kappa shape index (κ1) is 19.0. The van der Waals surface area contributed by atoms with Gasteiger partial charge in [0, 0.05) is 14.0 Å². The summed E-state index contributed by atoms with van der Waals surface area (Å²) in [5.41, 5.74) is 1.87. The lowest BCUT2D eigenvalue weighted by atomic mass is 10.0. The van der Waals surface area contributed by atoms with Gasteiger partial charge in [0.1, 0.15) is 5.01 Å². The summed E-state index contributed by atoms with van der Waals surface area (Å²) >= 11 is 1.60. The van der Waals surface area contributed by atoms with E-state index in [-0.39, 0.29) is 30.3 Å². The zero-order chi connectivity index (χ0) is 19.4. The molecule has 0 spiro atoms. The minimum Gasteiger partial charge on any atom is -0.349 e. The van der Waals surface area contributed by atoms with Gasteiger partial charge in [-0.15, -0.1) is 11.3 Å². The van der Waals surface area contributed by atoms with Crippen LogP contribution in [0.4, 0.5) is 0 Å². The molecule has 1 heterocycles. The molecule has 140 valence electrons. The number of aromatic nitrogens is 1. The lowest BCUT2D eigenvalue weighted by Gasteiger charge is -2.26. The van der Waals surface area contributed by atoms with Crippen molar-refractivity contribution in [2.24, 2.45) is 0 Å². The number of nitrogens with zero attached hydrogens (tertiary/aromatic N) is 2. The zero-order valence-corrected chi connectivity index (χ0v) is 16.5. The summed E-state index contributed by atoms with van der Waals surface area (Å²) in [5.74, 6) is -0.192. The highest BCUT2D eigenvalue weighted by molar-refractivity contribution is 7.18. The number of carbonyl (C=O) groups is 2. The molecule has 0 saturated carbocycles. The molecule has 1 aromatic heterocycles. The molecule has 27 heavy (non-hydrogen) atoms. The molecule has 0 fully saturated rings. The molecular weight excluding hydrogens is 358 g/mol. The van der Waals surface area contributed by atoms with Crippen molar-refractivity contribution in [1.82, 2.24) is 15.2 Å². The Hall–Kier alpha value is -2.73. The number of nitrogens with one attached hydrogen (secondary N) is 1. The standard InChI is InChI=1S/C21H23N3O2S/c1-14(21-23-17-11-7-8-12-19(17)27-21)24(3)20(26)13-18(22-15(2)25)16-9-5-4-6-10-16/h4-12,14,18H,13H2,1-3H3,(H,22,25)/t14-,18-/m0/s1. The number of amides is 2. The van der Waals surface area contributed by atoms with Crippen molar-refractivity contribution in [2.45, 2.75) is 32.4 Å². The molecule has 0 bridgehead atoms. The molecule has 2 aromatic carbocycles. The van der Waals surface area contributed by atoms with E-state index in [1.807, 2.05) is 61.5 Å². The predicted octanol–water partition coefficient (Wildman–Crippen LogP) is 4.08. The van der Waals surface area contributed by atoms with Gasteiger partial charge in [-0.1, -0.05) is 42.5 Å². The lowest BCUT2D eigenvalue weighted by molar-refractivity contribution is -0.132. The Kier molecular flexibility index (Phi) is 5.86. The van der Waals surface area contributed by atoms with E-state index in [9.17, 15) is 9.59 Å². The first-order valence-corrected chi connectivity index (χ1v) is 9.70. The molecule has 0 radical (unpaired) electrons. The topological polar surface area (TPSA) is 62.3 Å². The van der Waals surface area contributed by atoms with E-state index >= 15 is 0 Å². The van der Waals surface area contributed by atoms with Gasteiger partial charge in [-0.2, -0.15) is 0 Å². The Labute approximate surface area is 163 Å². The molecule has 3 aromatic rings. The number of fused-ring (bicyclic) bond motifs is 1. The molecule has 2 atom stereocenters. The number of hydrogen-bond acceptors (Lipinski definition) is 4. The van der Waals surface area contributed by atoms with E-state index in [1.54, 1.807) is 23.3 Å². The molecule has 3 rings (SSSR count). The fraction of sp³-hybridized carbons (Fsp3) is 0.286. The number of hydrogen-bond donors (Lipinski definition) is 1. The van der Waals surface area contributed by atoms with Gasteiger partial charge in [-0.3, -0.25) is 9.59 Å². The van der Waals surface area contributed by atoms with E-state index in [0.717, 1.165) is 20.8 Å². The van der Waals surface area contributed by atoms with Gasteiger partial charge >= 0.3 is 0 Å². The second kappa shape index (κ2) is 8.31. The van der Waals surface area contributed by atoms with Crippen LogP contribution < -0.4 is 5.32 Å². The maximum atomic E-state index is 12.9. The number of para-hydroxylation sites is 1. The number of rotatable bonds is 6. The van der Waals surface area contributed by atoms with Crippen LogP contribution in [0, 0.1) is 0 Å². The Morgan fingerprint density at radius 1 is 1.11 bits per heavy atom. The Bertz CT molecular complexity index is 906. The molecule has 2 amide bonds. The van der Waals surface area contributed by atoms with Crippen molar-refractivity contribution >= 4 is 33.4 Å². The predicted molar refractivity (Wildman–Crippen MR) is 108 cm³/mol. The summed E-state index contributed by atoms with van der Waals surface area (Å²) in [5, 5.41) is 3.79. The fourth-order valence-electron chi connectivity index (χ4n) is 2.95. The summed E-state index contributed by atoms with van der Waals surface area (Å²) in [7, 11) is 1.79. The van der Waals surface area contributed by atoms with Crippen molar-refractivity contribution in [2.75, 3.05) is 7.05 Å². The minimum atomic E-state index is -0.346. The number of thiazole rings is 1. The van der Waals surface area contributed by atoms with E-state index in [0.29, 0.717) is 0 Å². The minimum absolute atomic E-state index is 0.0376. The summed E-state index contributed by atoms with van der Waals surface area (Å²) in [6.45, 7) is 3.44. The maximum Gasteiger partial charge on any atom is 0.225 e. The van der Waals surface area contributed by atoms with Crippen LogP contribution in [0.2, 0.25) is 0 Å². The van der Waals surface area contributed by atoms with Crippen LogP contribution >= 0.6 is 11.3 Å². The summed E-state index contributed by atoms with van der Waals surface area (Å²) in [6, 6.07) is 17.0. The molecule has 0 aliphatic heterocycles. The van der Waals surface area contributed by atoms with Gasteiger partial charge in [0.05, 0.1) is 28.7 Å². The van der Waals surface area contributed by atoms with Gasteiger partial charge in [-0.05, 0) is 24.6 Å². The lowest BCUT2D eigenvalue weighted by Crippen LogP contribution is -2.35. The van der Waals surface area contributed by atoms with Crippen LogP contribution in [0.3, 0.4) is 0 Å². The van der Waals surface area contributed by atoms with Crippen molar-refractivity contribution in [3.8, 4) is 0 Å². The second-order valence-electron chi connectivity index (χ2n) is 6.57. The van der Waals surface area contributed by atoms with E-state index in [4.69, 9.17) is 0 Å². The first-order valence-electron chi connectivity index (χ1n) is 8.89. The first-order chi connectivity index (χ1) is 13.0. The van der Waals surface area contributed by atoms with E-state index in [1.165, 1.54) is 6.92 Å². The summed E-state index contributed by atoms with van der Waals surface area (Å²) in [4.78, 5) is 30.8. The SMILES string of the molecule is CC(=O)N[C@@H](CC(=O)N(C)[C@@H](C)c1nc2ccccc2s1)c1ccccc1. The van der Waals surface area contributed by atoms with Crippen LogP contribution in [0.1, 0.15) is 42.9 Å².